The van der Waals surface area contributed by atoms with Crippen LogP contribution in [-0.2, 0) is 0 Å². The lowest BCUT2D eigenvalue weighted by Gasteiger charge is -2.66. The Morgan fingerprint density at radius 3 is 2.08 bits per heavy atom. The van der Waals surface area contributed by atoms with Crippen LogP contribution in [0.2, 0.25) is 0 Å². The van der Waals surface area contributed by atoms with Crippen molar-refractivity contribution in [2.24, 2.45) is 63.6 Å². The van der Waals surface area contributed by atoms with Gasteiger partial charge in [-0.3, -0.25) is 0 Å². The number of hydrogen-bond acceptors (Lipinski definition) is 0. The Kier molecular flexibility index (Phi) is 11.4. The molecule has 0 nitrogen and oxygen atoms in total. The van der Waals surface area contributed by atoms with Crippen LogP contribution < -0.4 is 0 Å². The number of fused-ring (bicyclic) bond motifs is 5. The normalized spacial score (nSPS) is 42.5. The van der Waals surface area contributed by atoms with Crippen LogP contribution in [0, 0.1) is 63.6 Å². The standard InChI is InChI=1S/C30H51Cl.C5H12.CH4/c1-19(2)10-8-11-20(3)23-13-14-26-28(23)24(22(5)31)18-27-29(6)16-9-12-21(4)25(29)15-17-30(26,27)7;1-5(2,3)4;/h10,20-28H,8-9,11-18H2,1-7H3;1-4H3;1H4. The molecule has 4 saturated carbocycles. The van der Waals surface area contributed by atoms with Crippen molar-refractivity contribution in [1.82, 2.24) is 0 Å². The lowest BCUT2D eigenvalue weighted by molar-refractivity contribution is -0.170. The van der Waals surface area contributed by atoms with Gasteiger partial charge in [-0.25, -0.2) is 0 Å². The van der Waals surface area contributed by atoms with Crippen molar-refractivity contribution in [3.8, 4) is 0 Å². The molecule has 11 unspecified atom stereocenters. The molecule has 0 aromatic heterocycles. The van der Waals surface area contributed by atoms with E-state index < -0.39 is 0 Å². The van der Waals surface area contributed by atoms with Crippen LogP contribution in [-0.4, -0.2) is 5.38 Å². The van der Waals surface area contributed by atoms with Crippen molar-refractivity contribution in [2.45, 2.75) is 153 Å². The molecular weight excluding hydrogens is 468 g/mol. The maximum atomic E-state index is 7.06. The maximum absolute atomic E-state index is 7.06. The molecule has 0 amide bonds. The fraction of sp³-hybridized carbons (Fsp3) is 0.944. The fourth-order valence-corrected chi connectivity index (χ4v) is 10.4. The van der Waals surface area contributed by atoms with E-state index in [1.165, 1.54) is 69.8 Å². The topological polar surface area (TPSA) is 0 Å². The summed E-state index contributed by atoms with van der Waals surface area (Å²) in [7, 11) is 0. The zero-order valence-electron chi connectivity index (χ0n) is 26.2. The van der Waals surface area contributed by atoms with Gasteiger partial charge in [0, 0.05) is 5.38 Å². The number of allylic oxidation sites excluding steroid dienone is 2. The lowest BCUT2D eigenvalue weighted by atomic mass is 9.39. The van der Waals surface area contributed by atoms with Crippen LogP contribution in [0.4, 0.5) is 0 Å². The molecule has 4 fully saturated rings. The second kappa shape index (κ2) is 12.7. The molecule has 1 heteroatoms. The predicted octanol–water partition coefficient (Wildman–Crippen LogP) is 12.2. The van der Waals surface area contributed by atoms with E-state index in [0.717, 1.165) is 47.3 Å². The van der Waals surface area contributed by atoms with Crippen LogP contribution in [0.3, 0.4) is 0 Å². The van der Waals surface area contributed by atoms with Gasteiger partial charge in [0.2, 0.25) is 0 Å². The van der Waals surface area contributed by atoms with Gasteiger partial charge in [0.15, 0.2) is 0 Å². The van der Waals surface area contributed by atoms with E-state index >= 15 is 0 Å². The Bertz CT molecular complexity index is 732. The summed E-state index contributed by atoms with van der Waals surface area (Å²) in [5.74, 6) is 7.05. The average molecular weight is 535 g/mol. The molecule has 0 saturated heterocycles. The summed E-state index contributed by atoms with van der Waals surface area (Å²) >= 11 is 7.06. The summed E-state index contributed by atoms with van der Waals surface area (Å²) in [5.41, 5.74) is 3.10. The van der Waals surface area contributed by atoms with Crippen molar-refractivity contribution in [1.29, 1.82) is 0 Å². The molecule has 4 rings (SSSR count). The zero-order valence-corrected chi connectivity index (χ0v) is 27.0. The van der Waals surface area contributed by atoms with Crippen molar-refractivity contribution < 1.29 is 0 Å². The maximum Gasteiger partial charge on any atom is 0.0339 e. The van der Waals surface area contributed by atoms with Crippen LogP contribution in [0.25, 0.3) is 0 Å². The van der Waals surface area contributed by atoms with Crippen molar-refractivity contribution >= 4 is 11.6 Å². The Balaban J connectivity index is 0.000000734. The van der Waals surface area contributed by atoms with Crippen molar-refractivity contribution in [3.63, 3.8) is 0 Å². The Morgan fingerprint density at radius 2 is 1.51 bits per heavy atom. The smallest absolute Gasteiger partial charge is 0.0339 e. The second-order valence-corrected chi connectivity index (χ2v) is 17.1. The third-order valence-electron chi connectivity index (χ3n) is 11.6. The summed E-state index contributed by atoms with van der Waals surface area (Å²) in [6, 6.07) is 0. The first-order valence-electron chi connectivity index (χ1n) is 15.9. The van der Waals surface area contributed by atoms with Gasteiger partial charge in [-0.15, -0.1) is 11.6 Å². The predicted molar refractivity (Wildman–Crippen MR) is 168 cm³/mol. The molecule has 0 bridgehead atoms. The van der Waals surface area contributed by atoms with Gasteiger partial charge in [-0.1, -0.05) is 87.3 Å². The molecule has 0 spiro atoms. The number of halogens is 1. The second-order valence-electron chi connectivity index (χ2n) is 16.4. The molecule has 0 heterocycles. The van der Waals surface area contributed by atoms with Crippen molar-refractivity contribution in [2.75, 3.05) is 0 Å². The van der Waals surface area contributed by atoms with Gasteiger partial charge < -0.3 is 0 Å². The minimum Gasteiger partial charge on any atom is -0.123 e. The molecular formula is C36H67Cl. The van der Waals surface area contributed by atoms with E-state index in [0.29, 0.717) is 21.6 Å². The molecule has 4 aliphatic rings. The minimum absolute atomic E-state index is 0. The molecule has 0 aromatic carbocycles. The third-order valence-corrected chi connectivity index (χ3v) is 11.9. The molecule has 37 heavy (non-hydrogen) atoms. The Hall–Kier alpha value is 0.0300. The number of hydrogen-bond donors (Lipinski definition) is 0. The van der Waals surface area contributed by atoms with Crippen LogP contribution in [0.1, 0.15) is 148 Å². The van der Waals surface area contributed by atoms with E-state index in [9.17, 15) is 0 Å². The van der Waals surface area contributed by atoms with Crippen LogP contribution in [0.15, 0.2) is 11.6 Å². The molecule has 0 aliphatic heterocycles. The molecule has 218 valence electrons. The Labute approximate surface area is 239 Å². The first-order valence-corrected chi connectivity index (χ1v) is 16.3. The van der Waals surface area contributed by atoms with E-state index in [2.05, 4.69) is 82.2 Å². The third kappa shape index (κ3) is 7.22. The molecule has 11 atom stereocenters. The number of rotatable bonds is 5. The first kappa shape index (κ1) is 33.2. The van der Waals surface area contributed by atoms with Gasteiger partial charge in [-0.2, -0.15) is 0 Å². The zero-order chi connectivity index (χ0) is 27.1. The molecule has 4 aliphatic carbocycles. The van der Waals surface area contributed by atoms with Gasteiger partial charge in [0.1, 0.15) is 0 Å². The summed E-state index contributed by atoms with van der Waals surface area (Å²) in [4.78, 5) is 0. The van der Waals surface area contributed by atoms with E-state index in [1.807, 2.05) is 0 Å². The summed E-state index contributed by atoms with van der Waals surface area (Å²) in [5, 5.41) is 0.327. The lowest BCUT2D eigenvalue weighted by Crippen LogP contribution is -2.59. The summed E-state index contributed by atoms with van der Waals surface area (Å²) < 4.78 is 0. The molecule has 0 radical (unpaired) electrons. The largest absolute Gasteiger partial charge is 0.123 e. The Morgan fingerprint density at radius 1 is 0.919 bits per heavy atom. The van der Waals surface area contributed by atoms with E-state index in [1.54, 1.807) is 0 Å². The van der Waals surface area contributed by atoms with Crippen LogP contribution >= 0.6 is 11.6 Å². The van der Waals surface area contributed by atoms with Gasteiger partial charge in [-0.05, 0) is 136 Å². The molecule has 0 N–H and O–H groups in total. The van der Waals surface area contributed by atoms with Crippen molar-refractivity contribution in [3.05, 3.63) is 11.6 Å². The average Bonchev–Trinajstić information content (AvgIpc) is 3.18. The highest BCUT2D eigenvalue weighted by Crippen LogP contribution is 2.71. The highest BCUT2D eigenvalue weighted by molar-refractivity contribution is 6.20. The summed E-state index contributed by atoms with van der Waals surface area (Å²) in [6.07, 6.45) is 16.8. The van der Waals surface area contributed by atoms with Gasteiger partial charge in [0.05, 0.1) is 0 Å². The highest BCUT2D eigenvalue weighted by Gasteiger charge is 2.64. The molecule has 0 aromatic rings. The van der Waals surface area contributed by atoms with E-state index in [4.69, 9.17) is 11.6 Å². The van der Waals surface area contributed by atoms with Crippen LogP contribution in [0.5, 0.6) is 0 Å². The monoisotopic (exact) mass is 534 g/mol. The fourth-order valence-electron chi connectivity index (χ4n) is 10.1. The van der Waals surface area contributed by atoms with Gasteiger partial charge >= 0.3 is 0 Å². The number of alkyl halides is 1. The first-order chi connectivity index (χ1) is 16.6. The van der Waals surface area contributed by atoms with Gasteiger partial charge in [0.25, 0.3) is 0 Å². The summed E-state index contributed by atoms with van der Waals surface area (Å²) in [6.45, 7) is 26.2. The quantitative estimate of drug-likeness (QED) is 0.243. The van der Waals surface area contributed by atoms with E-state index in [-0.39, 0.29) is 7.43 Å². The SMILES string of the molecule is C.CC(C)(C)C.CC(C)=CCCC(C)C1CCC2C1C(C(C)Cl)CC1C3(C)CCCC(C)C3CCC21C. The minimum atomic E-state index is 0. The highest BCUT2D eigenvalue weighted by atomic mass is 35.5.